The van der Waals surface area contributed by atoms with Crippen LogP contribution in [0.1, 0.15) is 40.7 Å². The van der Waals surface area contributed by atoms with E-state index in [2.05, 4.69) is 10.3 Å². The third-order valence-electron chi connectivity index (χ3n) is 4.97. The summed E-state index contributed by atoms with van der Waals surface area (Å²) in [6.07, 6.45) is 4.44. The van der Waals surface area contributed by atoms with Crippen LogP contribution in [0.25, 0.3) is 0 Å². The minimum absolute atomic E-state index is 0.157. The SMILES string of the molecule is Cc1ccc(S(=O)(=O)N2CCCCC2)cc1C(=O)Nc1cc(CN(C)C)ccn1. The fourth-order valence-electron chi connectivity index (χ4n) is 3.45. The number of rotatable bonds is 6. The number of hydrogen-bond acceptors (Lipinski definition) is 5. The van der Waals surface area contributed by atoms with Crippen molar-refractivity contribution in [3.8, 4) is 0 Å². The summed E-state index contributed by atoms with van der Waals surface area (Å²) >= 11 is 0. The summed E-state index contributed by atoms with van der Waals surface area (Å²) in [6, 6.07) is 8.44. The first-order valence-corrected chi connectivity index (χ1v) is 11.2. The van der Waals surface area contributed by atoms with Crippen LogP contribution in [0.3, 0.4) is 0 Å². The van der Waals surface area contributed by atoms with Gasteiger partial charge in [-0.05, 0) is 69.3 Å². The van der Waals surface area contributed by atoms with Crippen molar-refractivity contribution >= 4 is 21.7 Å². The van der Waals surface area contributed by atoms with Gasteiger partial charge in [-0.15, -0.1) is 0 Å². The number of benzene rings is 1. The normalized spacial score (nSPS) is 15.4. The van der Waals surface area contributed by atoms with Crippen LogP contribution < -0.4 is 5.32 Å². The van der Waals surface area contributed by atoms with E-state index in [9.17, 15) is 13.2 Å². The molecule has 8 heteroatoms. The minimum Gasteiger partial charge on any atom is -0.307 e. The highest BCUT2D eigenvalue weighted by Crippen LogP contribution is 2.23. The topological polar surface area (TPSA) is 82.6 Å². The van der Waals surface area contributed by atoms with Crippen molar-refractivity contribution in [3.63, 3.8) is 0 Å². The molecule has 2 aromatic rings. The summed E-state index contributed by atoms with van der Waals surface area (Å²) in [5, 5.41) is 2.79. The van der Waals surface area contributed by atoms with E-state index in [1.54, 1.807) is 25.3 Å². The number of aryl methyl sites for hydroxylation is 1. The Kier molecular flexibility index (Phi) is 6.66. The molecule has 3 rings (SSSR count). The van der Waals surface area contributed by atoms with Crippen molar-refractivity contribution in [2.45, 2.75) is 37.6 Å². The number of hydrogen-bond donors (Lipinski definition) is 1. The van der Waals surface area contributed by atoms with Crippen molar-refractivity contribution in [2.24, 2.45) is 0 Å². The molecule has 29 heavy (non-hydrogen) atoms. The fraction of sp³-hybridized carbons (Fsp3) is 0.429. The molecular weight excluding hydrogens is 388 g/mol. The number of anilines is 1. The van der Waals surface area contributed by atoms with E-state index in [4.69, 9.17) is 0 Å². The fourth-order valence-corrected chi connectivity index (χ4v) is 4.99. The van der Waals surface area contributed by atoms with Crippen LogP contribution in [-0.2, 0) is 16.6 Å². The van der Waals surface area contributed by atoms with Crippen LogP contribution in [0.15, 0.2) is 41.4 Å². The molecule has 7 nitrogen and oxygen atoms in total. The van der Waals surface area contributed by atoms with Crippen molar-refractivity contribution < 1.29 is 13.2 Å². The molecule has 1 aliphatic rings. The van der Waals surface area contributed by atoms with Gasteiger partial charge in [0.2, 0.25) is 10.0 Å². The van der Waals surface area contributed by atoms with Crippen molar-refractivity contribution in [1.82, 2.24) is 14.2 Å². The zero-order chi connectivity index (χ0) is 21.0. The summed E-state index contributed by atoms with van der Waals surface area (Å²) in [6.45, 7) is 3.58. The summed E-state index contributed by atoms with van der Waals surface area (Å²) in [5.41, 5.74) is 2.07. The van der Waals surface area contributed by atoms with Gasteiger partial charge in [-0.25, -0.2) is 13.4 Å². The smallest absolute Gasteiger partial charge is 0.257 e. The lowest BCUT2D eigenvalue weighted by atomic mass is 10.1. The molecule has 1 amide bonds. The van der Waals surface area contributed by atoms with Gasteiger partial charge in [0, 0.05) is 31.4 Å². The van der Waals surface area contributed by atoms with Gasteiger partial charge in [0.1, 0.15) is 5.82 Å². The molecule has 1 aliphatic heterocycles. The molecule has 1 aromatic heterocycles. The number of nitrogens with zero attached hydrogens (tertiary/aromatic N) is 3. The van der Waals surface area contributed by atoms with Crippen LogP contribution in [0.2, 0.25) is 0 Å². The monoisotopic (exact) mass is 416 g/mol. The Labute approximate surface area is 172 Å². The van der Waals surface area contributed by atoms with Crippen LogP contribution in [-0.4, -0.2) is 55.7 Å². The van der Waals surface area contributed by atoms with Gasteiger partial charge < -0.3 is 10.2 Å². The first-order valence-electron chi connectivity index (χ1n) is 9.79. The van der Waals surface area contributed by atoms with Crippen LogP contribution >= 0.6 is 0 Å². The van der Waals surface area contributed by atoms with E-state index in [-0.39, 0.29) is 10.8 Å². The number of amides is 1. The van der Waals surface area contributed by atoms with Gasteiger partial charge in [0.25, 0.3) is 5.91 Å². The molecule has 0 aliphatic carbocycles. The Morgan fingerprint density at radius 1 is 1.14 bits per heavy atom. The van der Waals surface area contributed by atoms with Gasteiger partial charge >= 0.3 is 0 Å². The number of nitrogens with one attached hydrogen (secondary N) is 1. The molecule has 0 radical (unpaired) electrons. The van der Waals surface area contributed by atoms with E-state index < -0.39 is 10.0 Å². The Morgan fingerprint density at radius 2 is 1.86 bits per heavy atom. The molecule has 0 atom stereocenters. The Balaban J connectivity index is 1.83. The van der Waals surface area contributed by atoms with Crippen LogP contribution in [0, 0.1) is 6.92 Å². The number of pyridine rings is 1. The summed E-state index contributed by atoms with van der Waals surface area (Å²) in [4.78, 5) is 19.2. The third kappa shape index (κ3) is 5.20. The standard InChI is InChI=1S/C21H28N4O3S/c1-16-7-8-18(29(27,28)25-11-5-4-6-12-25)14-19(16)21(26)23-20-13-17(9-10-22-20)15-24(2)3/h7-10,13-14H,4-6,11-12,15H2,1-3H3,(H,22,23,26). The predicted octanol–water partition coefficient (Wildman–Crippen LogP) is 2.88. The molecule has 2 heterocycles. The molecule has 1 aromatic carbocycles. The first kappa shape index (κ1) is 21.4. The van der Waals surface area contributed by atoms with Crippen LogP contribution in [0.4, 0.5) is 5.82 Å². The third-order valence-corrected chi connectivity index (χ3v) is 6.87. The van der Waals surface area contributed by atoms with Crippen molar-refractivity contribution in [2.75, 3.05) is 32.5 Å². The average Bonchev–Trinajstić information content (AvgIpc) is 2.68. The van der Waals surface area contributed by atoms with Crippen molar-refractivity contribution in [3.05, 3.63) is 53.2 Å². The molecular formula is C21H28N4O3S. The molecule has 1 N–H and O–H groups in total. The number of carbonyl (C=O) groups excluding carboxylic acids is 1. The predicted molar refractivity (Wildman–Crippen MR) is 113 cm³/mol. The second kappa shape index (κ2) is 9.02. The molecule has 1 saturated heterocycles. The maximum atomic E-state index is 13.0. The largest absolute Gasteiger partial charge is 0.307 e. The van der Waals surface area contributed by atoms with Gasteiger partial charge in [-0.2, -0.15) is 4.31 Å². The summed E-state index contributed by atoms with van der Waals surface area (Å²) in [5.74, 6) is 0.0748. The van der Waals surface area contributed by atoms with Gasteiger partial charge in [0.05, 0.1) is 4.90 Å². The van der Waals surface area contributed by atoms with Gasteiger partial charge in [-0.3, -0.25) is 4.79 Å². The van der Waals surface area contributed by atoms with E-state index in [1.165, 1.54) is 10.4 Å². The molecule has 0 unspecified atom stereocenters. The minimum atomic E-state index is -3.60. The number of aromatic nitrogens is 1. The average molecular weight is 417 g/mol. The highest BCUT2D eigenvalue weighted by atomic mass is 32.2. The van der Waals surface area contributed by atoms with E-state index in [0.717, 1.165) is 31.4 Å². The first-order chi connectivity index (χ1) is 13.8. The summed E-state index contributed by atoms with van der Waals surface area (Å²) < 4.78 is 27.4. The van der Waals surface area contributed by atoms with Crippen molar-refractivity contribution in [1.29, 1.82) is 0 Å². The highest BCUT2D eigenvalue weighted by Gasteiger charge is 2.27. The zero-order valence-corrected chi connectivity index (χ0v) is 18.0. The molecule has 0 bridgehead atoms. The summed E-state index contributed by atoms with van der Waals surface area (Å²) in [7, 11) is 0.341. The second-order valence-corrected chi connectivity index (χ2v) is 9.62. The second-order valence-electron chi connectivity index (χ2n) is 7.68. The van der Waals surface area contributed by atoms with E-state index in [1.807, 2.05) is 31.1 Å². The zero-order valence-electron chi connectivity index (χ0n) is 17.2. The van der Waals surface area contributed by atoms with E-state index >= 15 is 0 Å². The lowest BCUT2D eigenvalue weighted by molar-refractivity contribution is 0.102. The number of piperidine rings is 1. The highest BCUT2D eigenvalue weighted by molar-refractivity contribution is 7.89. The Hall–Kier alpha value is -2.29. The molecule has 0 spiro atoms. The Morgan fingerprint density at radius 3 is 2.55 bits per heavy atom. The number of carbonyl (C=O) groups is 1. The Bertz CT molecular complexity index is 983. The lowest BCUT2D eigenvalue weighted by Crippen LogP contribution is -2.35. The quantitative estimate of drug-likeness (QED) is 0.783. The molecule has 0 saturated carbocycles. The number of sulfonamides is 1. The molecule has 1 fully saturated rings. The maximum Gasteiger partial charge on any atom is 0.257 e. The molecule has 156 valence electrons. The van der Waals surface area contributed by atoms with Crippen LogP contribution in [0.5, 0.6) is 0 Å². The van der Waals surface area contributed by atoms with Gasteiger partial charge in [-0.1, -0.05) is 12.5 Å². The maximum absolute atomic E-state index is 13.0. The lowest BCUT2D eigenvalue weighted by Gasteiger charge is -2.26. The van der Waals surface area contributed by atoms with Gasteiger partial charge in [0.15, 0.2) is 0 Å². The van der Waals surface area contributed by atoms with E-state index in [0.29, 0.717) is 30.0 Å².